The van der Waals surface area contributed by atoms with E-state index >= 15 is 0 Å². The number of carboxylic acids is 1. The second-order valence-corrected chi connectivity index (χ2v) is 8.62. The molecule has 17 nitrogen and oxygen atoms in total. The molecule has 0 fully saturated rings. The molecule has 2 aromatic rings. The van der Waals surface area contributed by atoms with E-state index in [1.807, 2.05) is 0 Å². The Hall–Kier alpha value is -3.78. The van der Waals surface area contributed by atoms with Gasteiger partial charge in [-0.05, 0) is 32.3 Å². The standard InChI is InChI=1S/C21H23NO16/c1-22(2)21(36,37)19(32,33)16(27)9-7-5-6(18(30,31)17(28)29)3-4-8(7)38-20(34,35)11-10(9)12(23)14(25)15(26)13(11)24/h3-5,9,23-26,30-37H,1-2H3,(H,28,29). The zero-order valence-electron chi connectivity index (χ0n) is 19.3. The molecular formula is C21H23NO16. The fraction of sp³-hybridized carbons (Fsp3) is 0.333. The summed E-state index contributed by atoms with van der Waals surface area (Å²) < 4.78 is 4.94. The van der Waals surface area contributed by atoms with Gasteiger partial charge in [0.05, 0.1) is 5.92 Å². The summed E-state index contributed by atoms with van der Waals surface area (Å²) in [6.45, 7) is 0. The van der Waals surface area contributed by atoms with E-state index in [1.165, 1.54) is 0 Å². The van der Waals surface area contributed by atoms with Crippen LogP contribution in [0.3, 0.4) is 0 Å². The predicted molar refractivity (Wildman–Crippen MR) is 115 cm³/mol. The van der Waals surface area contributed by atoms with Crippen LogP contribution in [0, 0.1) is 0 Å². The Morgan fingerprint density at radius 1 is 0.895 bits per heavy atom. The van der Waals surface area contributed by atoms with Crippen molar-refractivity contribution in [1.29, 1.82) is 0 Å². The van der Waals surface area contributed by atoms with E-state index in [9.17, 15) is 70.9 Å². The maximum Gasteiger partial charge on any atom is 0.369 e. The average Bonchev–Trinajstić information content (AvgIpc) is 2.90. The van der Waals surface area contributed by atoms with Crippen LogP contribution in [0.5, 0.6) is 28.7 Å². The number of likely N-dealkylation sites (N-methyl/N-ethyl adjacent to an activating group) is 1. The second kappa shape index (κ2) is 8.63. The first-order chi connectivity index (χ1) is 17.1. The van der Waals surface area contributed by atoms with Gasteiger partial charge in [0.15, 0.2) is 11.5 Å². The number of aliphatic carboxylic acids is 1. The molecule has 0 spiro atoms. The molecule has 2 aromatic carbocycles. The molecule has 0 radical (unpaired) electrons. The van der Waals surface area contributed by atoms with E-state index in [4.69, 9.17) is 9.84 Å². The minimum atomic E-state index is -4.26. The summed E-state index contributed by atoms with van der Waals surface area (Å²) in [5.74, 6) is -29.8. The number of phenols is 4. The van der Waals surface area contributed by atoms with Crippen molar-refractivity contribution in [2.45, 2.75) is 29.4 Å². The van der Waals surface area contributed by atoms with Crippen LogP contribution in [-0.4, -0.2) is 109 Å². The van der Waals surface area contributed by atoms with Crippen LogP contribution in [0.1, 0.15) is 28.2 Å². The number of hydrogen-bond donors (Lipinski definition) is 13. The number of aromatic hydroxyl groups is 4. The van der Waals surface area contributed by atoms with Crippen molar-refractivity contribution < 1.29 is 80.7 Å². The highest BCUT2D eigenvalue weighted by molar-refractivity contribution is 5.98. The molecule has 0 saturated carbocycles. The molecule has 1 aliphatic rings. The fourth-order valence-electron chi connectivity index (χ4n) is 3.84. The molecule has 1 unspecified atom stereocenters. The third-order valence-electron chi connectivity index (χ3n) is 6.02. The predicted octanol–water partition coefficient (Wildman–Crippen LogP) is -4.20. The Morgan fingerprint density at radius 2 is 1.42 bits per heavy atom. The Balaban J connectivity index is 2.54. The smallest absolute Gasteiger partial charge is 0.369 e. The molecular weight excluding hydrogens is 522 g/mol. The van der Waals surface area contributed by atoms with E-state index in [1.54, 1.807) is 0 Å². The number of carbonyl (C=O) groups is 2. The number of ketones is 1. The number of carboxylic acid groups (broad SMARTS) is 1. The minimum absolute atomic E-state index is 0.335. The fourth-order valence-corrected chi connectivity index (χ4v) is 3.84. The average molecular weight is 545 g/mol. The molecule has 0 amide bonds. The lowest BCUT2D eigenvalue weighted by atomic mass is 9.79. The Labute approximate surface area is 210 Å². The number of carbonyl (C=O) groups excluding carboxylic acids is 1. The molecule has 0 aliphatic carbocycles. The zero-order chi connectivity index (χ0) is 29.3. The highest BCUT2D eigenvalue weighted by Gasteiger charge is 2.60. The van der Waals surface area contributed by atoms with E-state index in [0.29, 0.717) is 23.1 Å². The molecule has 0 bridgehead atoms. The van der Waals surface area contributed by atoms with Crippen molar-refractivity contribution in [3.63, 3.8) is 0 Å². The van der Waals surface area contributed by atoms with Crippen LogP contribution in [0.4, 0.5) is 0 Å². The molecule has 3 rings (SSSR count). The van der Waals surface area contributed by atoms with Gasteiger partial charge in [-0.25, -0.2) is 4.79 Å². The number of fused-ring (bicyclic) bond motifs is 2. The van der Waals surface area contributed by atoms with Crippen LogP contribution < -0.4 is 4.74 Å². The number of ether oxygens (including phenoxy) is 1. The Bertz CT molecular complexity index is 1330. The van der Waals surface area contributed by atoms with Crippen molar-refractivity contribution in [3.05, 3.63) is 40.5 Å². The van der Waals surface area contributed by atoms with Gasteiger partial charge in [-0.15, -0.1) is 0 Å². The normalized spacial score (nSPS) is 17.3. The summed E-state index contributed by atoms with van der Waals surface area (Å²) in [5.41, 5.74) is -4.63. The van der Waals surface area contributed by atoms with Gasteiger partial charge in [0.25, 0.3) is 17.5 Å². The molecule has 208 valence electrons. The molecule has 17 heteroatoms. The first-order valence-electron chi connectivity index (χ1n) is 10.2. The van der Waals surface area contributed by atoms with E-state index in [0.717, 1.165) is 14.1 Å². The highest BCUT2D eigenvalue weighted by atomic mass is 16.8. The highest BCUT2D eigenvalue weighted by Crippen LogP contribution is 2.57. The van der Waals surface area contributed by atoms with Crippen LogP contribution in [0.15, 0.2) is 18.2 Å². The van der Waals surface area contributed by atoms with E-state index in [-0.39, 0.29) is 0 Å². The summed E-state index contributed by atoms with van der Waals surface area (Å²) >= 11 is 0. The first kappa shape index (κ1) is 28.8. The lowest BCUT2D eigenvalue weighted by Crippen LogP contribution is -2.67. The summed E-state index contributed by atoms with van der Waals surface area (Å²) in [4.78, 5) is 25.3. The number of nitrogens with zero attached hydrogens (tertiary/aromatic N) is 1. The number of hydrogen-bond acceptors (Lipinski definition) is 16. The molecule has 13 N–H and O–H groups in total. The summed E-state index contributed by atoms with van der Waals surface area (Å²) in [7, 11) is 1.76. The lowest BCUT2D eigenvalue weighted by Gasteiger charge is -2.39. The number of benzene rings is 2. The Kier molecular flexibility index (Phi) is 6.54. The quantitative estimate of drug-likeness (QED) is 0.0929. The summed E-state index contributed by atoms with van der Waals surface area (Å²) in [6, 6.07) is 1.76. The molecule has 38 heavy (non-hydrogen) atoms. The van der Waals surface area contributed by atoms with Gasteiger partial charge in [-0.3, -0.25) is 9.69 Å². The Morgan fingerprint density at radius 3 is 1.92 bits per heavy atom. The van der Waals surface area contributed by atoms with Gasteiger partial charge in [-0.1, -0.05) is 0 Å². The van der Waals surface area contributed by atoms with Gasteiger partial charge in [0.2, 0.25) is 17.3 Å². The SMILES string of the molecule is CN(C)C(O)(O)C(O)(O)C(=O)C1c2cc(C(O)(O)C(=O)O)ccc2OC(O)(O)c2c(O)c(O)c(O)c(O)c21. The second-order valence-electron chi connectivity index (χ2n) is 8.62. The summed E-state index contributed by atoms with van der Waals surface area (Å²) in [5, 5.41) is 133. The van der Waals surface area contributed by atoms with Crippen molar-refractivity contribution in [2.75, 3.05) is 14.1 Å². The monoisotopic (exact) mass is 545 g/mol. The number of rotatable bonds is 6. The van der Waals surface area contributed by atoms with Crippen molar-refractivity contribution in [3.8, 4) is 28.7 Å². The van der Waals surface area contributed by atoms with Gasteiger partial charge < -0.3 is 71.1 Å². The molecule has 1 atom stereocenters. The molecule has 1 aliphatic heterocycles. The van der Waals surface area contributed by atoms with Crippen LogP contribution in [0.25, 0.3) is 0 Å². The van der Waals surface area contributed by atoms with E-state index in [2.05, 4.69) is 0 Å². The van der Waals surface area contributed by atoms with Gasteiger partial charge in [0, 0.05) is 16.7 Å². The lowest BCUT2D eigenvalue weighted by molar-refractivity contribution is -0.386. The molecule has 0 saturated heterocycles. The maximum atomic E-state index is 13.6. The summed E-state index contributed by atoms with van der Waals surface area (Å²) in [6.07, 6.45) is 0. The third kappa shape index (κ3) is 3.95. The number of Topliss-reactive ketones (excluding diaryl/α,β-unsaturated/α-hetero) is 1. The van der Waals surface area contributed by atoms with Crippen molar-refractivity contribution in [2.24, 2.45) is 0 Å². The number of phenolic OH excluding ortho intramolecular Hbond substituents is 4. The first-order valence-corrected chi connectivity index (χ1v) is 10.2. The van der Waals surface area contributed by atoms with Crippen molar-refractivity contribution in [1.82, 2.24) is 4.90 Å². The van der Waals surface area contributed by atoms with Gasteiger partial charge in [-0.2, -0.15) is 0 Å². The largest absolute Gasteiger partial charge is 0.504 e. The zero-order valence-corrected chi connectivity index (χ0v) is 19.3. The number of aliphatic hydroxyl groups is 8. The van der Waals surface area contributed by atoms with Crippen LogP contribution in [-0.2, 0) is 21.3 Å². The van der Waals surface area contributed by atoms with E-state index < -0.39 is 92.1 Å². The molecule has 0 aromatic heterocycles. The minimum Gasteiger partial charge on any atom is -0.504 e. The van der Waals surface area contributed by atoms with Crippen molar-refractivity contribution >= 4 is 11.8 Å². The molecule has 1 heterocycles. The topological polar surface area (TPSA) is 310 Å². The third-order valence-corrected chi connectivity index (χ3v) is 6.02. The maximum absolute atomic E-state index is 13.6. The van der Waals surface area contributed by atoms with Crippen LogP contribution >= 0.6 is 0 Å². The van der Waals surface area contributed by atoms with Crippen LogP contribution in [0.2, 0.25) is 0 Å². The van der Waals surface area contributed by atoms with Gasteiger partial charge >= 0.3 is 11.9 Å². The van der Waals surface area contributed by atoms with Gasteiger partial charge in [0.1, 0.15) is 11.3 Å².